The van der Waals surface area contributed by atoms with Crippen molar-refractivity contribution in [1.29, 1.82) is 0 Å². The van der Waals surface area contributed by atoms with Crippen molar-refractivity contribution in [1.82, 2.24) is 10.2 Å². The Balaban J connectivity index is 1.60. The molecule has 3 heterocycles. The molecular formula is C18H21N3O3. The summed E-state index contributed by atoms with van der Waals surface area (Å²) < 4.78 is 5.37. The van der Waals surface area contributed by atoms with Gasteiger partial charge in [-0.05, 0) is 30.5 Å². The summed E-state index contributed by atoms with van der Waals surface area (Å²) in [6, 6.07) is 5.78. The Kier molecular flexibility index (Phi) is 3.98. The fourth-order valence-electron chi connectivity index (χ4n) is 3.54. The van der Waals surface area contributed by atoms with Crippen LogP contribution in [0.4, 0.5) is 5.69 Å². The maximum absolute atomic E-state index is 12.9. The van der Waals surface area contributed by atoms with Gasteiger partial charge in [-0.3, -0.25) is 9.59 Å². The molecule has 1 fully saturated rings. The molecule has 0 spiro atoms. The van der Waals surface area contributed by atoms with Crippen molar-refractivity contribution < 1.29 is 14.3 Å². The molecule has 0 unspecified atom stereocenters. The van der Waals surface area contributed by atoms with E-state index >= 15 is 0 Å². The zero-order chi connectivity index (χ0) is 16.5. The van der Waals surface area contributed by atoms with Crippen molar-refractivity contribution in [3.8, 4) is 0 Å². The number of rotatable bonds is 2. The maximum Gasteiger partial charge on any atom is 0.274 e. The lowest BCUT2D eigenvalue weighted by molar-refractivity contribution is -0.117. The molecule has 126 valence electrons. The number of nitrogens with zero attached hydrogens (tertiary/aromatic N) is 2. The smallest absolute Gasteiger partial charge is 0.274 e. The van der Waals surface area contributed by atoms with E-state index in [0.717, 1.165) is 42.9 Å². The zero-order valence-corrected chi connectivity index (χ0v) is 13.6. The van der Waals surface area contributed by atoms with Gasteiger partial charge in [-0.25, -0.2) is 0 Å². The highest BCUT2D eigenvalue weighted by Gasteiger charge is 2.29. The second-order valence-electron chi connectivity index (χ2n) is 6.28. The van der Waals surface area contributed by atoms with E-state index in [9.17, 15) is 9.59 Å². The highest BCUT2D eigenvalue weighted by Crippen LogP contribution is 2.26. The minimum absolute atomic E-state index is 0.0133. The average molecular weight is 327 g/mol. The van der Waals surface area contributed by atoms with Crippen LogP contribution < -0.4 is 10.2 Å². The lowest BCUT2D eigenvalue weighted by Crippen LogP contribution is -2.45. The number of hydrogen-bond donors (Lipinski definition) is 1. The van der Waals surface area contributed by atoms with Crippen LogP contribution in [0.2, 0.25) is 0 Å². The number of morpholine rings is 1. The largest absolute Gasteiger partial charge is 0.378 e. The van der Waals surface area contributed by atoms with E-state index in [-0.39, 0.29) is 11.8 Å². The van der Waals surface area contributed by atoms with E-state index in [4.69, 9.17) is 4.74 Å². The van der Waals surface area contributed by atoms with E-state index in [1.165, 1.54) is 0 Å². The number of benzene rings is 1. The topological polar surface area (TPSA) is 61.9 Å². The Morgan fingerprint density at radius 1 is 1.08 bits per heavy atom. The van der Waals surface area contributed by atoms with Crippen LogP contribution in [0.1, 0.15) is 22.3 Å². The number of nitrogens with one attached hydrogen (secondary N) is 1. The minimum Gasteiger partial charge on any atom is -0.378 e. The van der Waals surface area contributed by atoms with Gasteiger partial charge >= 0.3 is 0 Å². The van der Waals surface area contributed by atoms with Gasteiger partial charge in [-0.2, -0.15) is 0 Å². The number of carbonyl (C=O) groups excluding carboxylic acids is 2. The predicted molar refractivity (Wildman–Crippen MR) is 89.9 cm³/mol. The van der Waals surface area contributed by atoms with E-state index in [1.807, 2.05) is 24.3 Å². The normalized spacial score (nSPS) is 21.2. The van der Waals surface area contributed by atoms with Crippen molar-refractivity contribution >= 4 is 17.5 Å². The van der Waals surface area contributed by atoms with Gasteiger partial charge in [0.05, 0.1) is 18.9 Å². The first-order valence-electron chi connectivity index (χ1n) is 8.50. The van der Waals surface area contributed by atoms with Crippen LogP contribution in [-0.2, 0) is 16.0 Å². The minimum atomic E-state index is -0.0495. The van der Waals surface area contributed by atoms with Crippen LogP contribution in [0.25, 0.3) is 0 Å². The van der Waals surface area contributed by atoms with E-state index in [2.05, 4.69) is 10.2 Å². The summed E-state index contributed by atoms with van der Waals surface area (Å²) in [5, 5.41) is 2.86. The first kappa shape index (κ1) is 15.2. The number of hydrogen-bond acceptors (Lipinski definition) is 4. The maximum atomic E-state index is 12.9. The zero-order valence-electron chi connectivity index (χ0n) is 13.6. The number of fused-ring (bicyclic) bond motifs is 1. The van der Waals surface area contributed by atoms with Crippen LogP contribution >= 0.6 is 0 Å². The molecule has 24 heavy (non-hydrogen) atoms. The molecule has 3 aliphatic rings. The molecule has 1 N–H and O–H groups in total. The molecule has 0 saturated carbocycles. The number of carbonyl (C=O) groups is 2. The average Bonchev–Trinajstić information content (AvgIpc) is 2.63. The quantitative estimate of drug-likeness (QED) is 0.878. The molecule has 0 radical (unpaired) electrons. The Hall–Kier alpha value is -2.34. The van der Waals surface area contributed by atoms with Gasteiger partial charge < -0.3 is 19.9 Å². The molecule has 2 amide bonds. The molecular weight excluding hydrogens is 306 g/mol. The summed E-state index contributed by atoms with van der Waals surface area (Å²) in [4.78, 5) is 28.9. The molecule has 6 nitrogen and oxygen atoms in total. The Morgan fingerprint density at radius 2 is 1.92 bits per heavy atom. The van der Waals surface area contributed by atoms with Gasteiger partial charge in [0.1, 0.15) is 0 Å². The van der Waals surface area contributed by atoms with Crippen LogP contribution in [0.15, 0.2) is 30.0 Å². The summed E-state index contributed by atoms with van der Waals surface area (Å²) in [7, 11) is 0. The summed E-state index contributed by atoms with van der Waals surface area (Å²) in [5.74, 6) is -0.0363. The van der Waals surface area contributed by atoms with Crippen molar-refractivity contribution in [3.05, 3.63) is 41.1 Å². The SMILES string of the molecule is O=C1NCCc2ccc(N3CCC=C(N4CCOCC4)C3=O)cc21. The number of ether oxygens (including phenoxy) is 1. The lowest BCUT2D eigenvalue weighted by Gasteiger charge is -2.36. The molecule has 1 saturated heterocycles. The van der Waals surface area contributed by atoms with Crippen LogP contribution in [0, 0.1) is 0 Å². The molecule has 1 aromatic rings. The molecule has 0 atom stereocenters. The molecule has 0 bridgehead atoms. The third-order valence-corrected chi connectivity index (χ3v) is 4.84. The second-order valence-corrected chi connectivity index (χ2v) is 6.28. The fourth-order valence-corrected chi connectivity index (χ4v) is 3.54. The molecule has 1 aromatic carbocycles. The monoisotopic (exact) mass is 327 g/mol. The van der Waals surface area contributed by atoms with Crippen molar-refractivity contribution in [3.63, 3.8) is 0 Å². The van der Waals surface area contributed by atoms with Crippen molar-refractivity contribution in [2.45, 2.75) is 12.8 Å². The Labute approximate surface area is 141 Å². The van der Waals surface area contributed by atoms with Gasteiger partial charge in [0.15, 0.2) is 0 Å². The molecule has 0 aromatic heterocycles. The second kappa shape index (κ2) is 6.28. The Morgan fingerprint density at radius 3 is 2.75 bits per heavy atom. The van der Waals surface area contributed by atoms with Gasteiger partial charge in [-0.15, -0.1) is 0 Å². The van der Waals surface area contributed by atoms with Crippen LogP contribution in [0.3, 0.4) is 0 Å². The standard InChI is InChI=1S/C18H21N3O3/c22-17-15-12-14(4-3-13(15)5-6-19-17)21-7-1-2-16(18(21)23)20-8-10-24-11-9-20/h2-4,12H,1,5-11H2,(H,19,22). The van der Waals surface area contributed by atoms with Gasteiger partial charge in [-0.1, -0.05) is 12.1 Å². The number of anilines is 1. The summed E-state index contributed by atoms with van der Waals surface area (Å²) >= 11 is 0. The third kappa shape index (κ3) is 2.67. The predicted octanol–water partition coefficient (Wildman–Crippen LogP) is 0.925. The van der Waals surface area contributed by atoms with Gasteiger partial charge in [0.2, 0.25) is 0 Å². The van der Waals surface area contributed by atoms with E-state index in [0.29, 0.717) is 31.9 Å². The van der Waals surface area contributed by atoms with E-state index < -0.39 is 0 Å². The van der Waals surface area contributed by atoms with Crippen molar-refractivity contribution in [2.75, 3.05) is 44.3 Å². The third-order valence-electron chi connectivity index (χ3n) is 4.84. The van der Waals surface area contributed by atoms with Crippen LogP contribution in [0.5, 0.6) is 0 Å². The highest BCUT2D eigenvalue weighted by atomic mass is 16.5. The summed E-state index contributed by atoms with van der Waals surface area (Å²) in [6.07, 6.45) is 3.69. The lowest BCUT2D eigenvalue weighted by atomic mass is 9.99. The molecule has 6 heteroatoms. The van der Waals surface area contributed by atoms with Crippen molar-refractivity contribution in [2.24, 2.45) is 0 Å². The first-order valence-corrected chi connectivity index (χ1v) is 8.50. The molecule has 3 aliphatic heterocycles. The first-order chi connectivity index (χ1) is 11.7. The van der Waals surface area contributed by atoms with E-state index in [1.54, 1.807) is 4.90 Å². The summed E-state index contributed by atoms with van der Waals surface area (Å²) in [6.45, 7) is 4.13. The fraction of sp³-hybridized carbons (Fsp3) is 0.444. The highest BCUT2D eigenvalue weighted by molar-refractivity contribution is 6.07. The molecule has 4 rings (SSSR count). The molecule has 0 aliphatic carbocycles. The van der Waals surface area contributed by atoms with Gasteiger partial charge in [0.25, 0.3) is 11.8 Å². The summed E-state index contributed by atoms with van der Waals surface area (Å²) in [5.41, 5.74) is 3.30. The number of amides is 2. The van der Waals surface area contributed by atoms with Gasteiger partial charge in [0, 0.05) is 37.4 Å². The Bertz CT molecular complexity index is 707. The van der Waals surface area contributed by atoms with Crippen LogP contribution in [-0.4, -0.2) is 56.1 Å².